The van der Waals surface area contributed by atoms with Gasteiger partial charge in [0.1, 0.15) is 11.4 Å². The van der Waals surface area contributed by atoms with Gasteiger partial charge in [0, 0.05) is 18.4 Å². The molecule has 7 nitrogen and oxygen atoms in total. The van der Waals surface area contributed by atoms with Crippen molar-refractivity contribution in [1.29, 1.82) is 0 Å². The standard InChI is InChI=1S/C15H14F3N3O4/c1-2-21-8-10(7-12(21)13(22)23)20-14(24)19-9-3-5-11(6-4-9)25-15(16,17)18/h3-8H,2H2,1H3,(H,22,23)(H2,19,20,24). The molecule has 3 N–H and O–H groups in total. The Morgan fingerprint density at radius 1 is 1.16 bits per heavy atom. The predicted molar refractivity (Wildman–Crippen MR) is 82.8 cm³/mol. The van der Waals surface area contributed by atoms with Gasteiger partial charge in [0.05, 0.1) is 5.69 Å². The molecule has 0 spiro atoms. The van der Waals surface area contributed by atoms with Gasteiger partial charge in [-0.15, -0.1) is 13.2 Å². The molecule has 0 aliphatic heterocycles. The van der Waals surface area contributed by atoms with Crippen LogP contribution < -0.4 is 15.4 Å². The highest BCUT2D eigenvalue weighted by atomic mass is 19.4. The normalized spacial score (nSPS) is 11.0. The van der Waals surface area contributed by atoms with Crippen molar-refractivity contribution in [2.24, 2.45) is 0 Å². The van der Waals surface area contributed by atoms with Crippen molar-refractivity contribution in [2.45, 2.75) is 19.8 Å². The number of alkyl halides is 3. The van der Waals surface area contributed by atoms with E-state index in [1.807, 2.05) is 0 Å². The molecular formula is C15H14F3N3O4. The van der Waals surface area contributed by atoms with Crippen LogP contribution in [0.3, 0.4) is 0 Å². The lowest BCUT2D eigenvalue weighted by Gasteiger charge is -2.10. The number of aromatic nitrogens is 1. The van der Waals surface area contributed by atoms with Gasteiger partial charge in [-0.3, -0.25) is 0 Å². The van der Waals surface area contributed by atoms with Crippen molar-refractivity contribution < 1.29 is 32.6 Å². The zero-order valence-corrected chi connectivity index (χ0v) is 12.9. The third-order valence-electron chi connectivity index (χ3n) is 3.06. The summed E-state index contributed by atoms with van der Waals surface area (Å²) in [6, 6.07) is 5.21. The Morgan fingerprint density at radius 2 is 1.76 bits per heavy atom. The summed E-state index contributed by atoms with van der Waals surface area (Å²) in [6.07, 6.45) is -3.33. The molecule has 0 saturated heterocycles. The van der Waals surface area contributed by atoms with E-state index in [-0.39, 0.29) is 17.1 Å². The summed E-state index contributed by atoms with van der Waals surface area (Å²) in [7, 11) is 0. The molecule has 0 bridgehead atoms. The maximum Gasteiger partial charge on any atom is 0.573 e. The highest BCUT2D eigenvalue weighted by molar-refractivity contribution is 6.00. The maximum atomic E-state index is 12.1. The number of nitrogens with zero attached hydrogens (tertiary/aromatic N) is 1. The number of carbonyl (C=O) groups excluding carboxylic acids is 1. The zero-order chi connectivity index (χ0) is 18.6. The van der Waals surface area contributed by atoms with Crippen LogP contribution in [0.5, 0.6) is 5.75 Å². The number of nitrogens with one attached hydrogen (secondary N) is 2. The van der Waals surface area contributed by atoms with E-state index in [1.165, 1.54) is 29.0 Å². The number of carboxylic acids is 1. The fraction of sp³-hybridized carbons (Fsp3) is 0.200. The molecule has 25 heavy (non-hydrogen) atoms. The summed E-state index contributed by atoms with van der Waals surface area (Å²) in [5, 5.41) is 13.9. The monoisotopic (exact) mass is 357 g/mol. The van der Waals surface area contributed by atoms with Crippen molar-refractivity contribution in [3.05, 3.63) is 42.2 Å². The average Bonchev–Trinajstić information content (AvgIpc) is 2.91. The number of anilines is 2. The van der Waals surface area contributed by atoms with E-state index in [9.17, 15) is 22.8 Å². The quantitative estimate of drug-likeness (QED) is 0.760. The third kappa shape index (κ3) is 5.16. The molecule has 2 rings (SSSR count). The molecule has 134 valence electrons. The maximum absolute atomic E-state index is 12.1. The van der Waals surface area contributed by atoms with Crippen LogP contribution >= 0.6 is 0 Å². The molecule has 0 radical (unpaired) electrons. The van der Waals surface area contributed by atoms with Crippen LogP contribution in [0.15, 0.2) is 36.5 Å². The molecule has 0 aliphatic carbocycles. The number of ether oxygens (including phenoxy) is 1. The van der Waals surface area contributed by atoms with Crippen molar-refractivity contribution in [1.82, 2.24) is 4.57 Å². The zero-order valence-electron chi connectivity index (χ0n) is 12.9. The predicted octanol–water partition coefficient (Wildman–Crippen LogP) is 3.75. The summed E-state index contributed by atoms with van der Waals surface area (Å²) in [6.45, 7) is 2.16. The Bertz CT molecular complexity index is 769. The molecule has 0 fully saturated rings. The van der Waals surface area contributed by atoms with Gasteiger partial charge in [0.15, 0.2) is 0 Å². The minimum atomic E-state index is -4.79. The van der Waals surface area contributed by atoms with E-state index in [4.69, 9.17) is 5.11 Å². The molecule has 10 heteroatoms. The summed E-state index contributed by atoms with van der Waals surface area (Å²) < 4.78 is 41.4. The molecule has 0 aliphatic rings. The van der Waals surface area contributed by atoms with Gasteiger partial charge in [-0.1, -0.05) is 0 Å². The fourth-order valence-corrected chi connectivity index (χ4v) is 2.05. The van der Waals surface area contributed by atoms with Gasteiger partial charge >= 0.3 is 18.4 Å². The molecule has 2 aromatic rings. The second-order valence-electron chi connectivity index (χ2n) is 4.86. The highest BCUT2D eigenvalue weighted by Crippen LogP contribution is 2.24. The van der Waals surface area contributed by atoms with Crippen LogP contribution in [-0.4, -0.2) is 28.0 Å². The molecule has 1 heterocycles. The SMILES string of the molecule is CCn1cc(NC(=O)Nc2ccc(OC(F)(F)F)cc2)cc1C(=O)O. The van der Waals surface area contributed by atoms with E-state index >= 15 is 0 Å². The fourth-order valence-electron chi connectivity index (χ4n) is 2.05. The van der Waals surface area contributed by atoms with E-state index in [1.54, 1.807) is 6.92 Å². The summed E-state index contributed by atoms with van der Waals surface area (Å²) in [5.74, 6) is -1.54. The number of amides is 2. The van der Waals surface area contributed by atoms with Gasteiger partial charge in [0.2, 0.25) is 0 Å². The number of carboxylic acid groups (broad SMARTS) is 1. The van der Waals surface area contributed by atoms with Crippen LogP contribution in [-0.2, 0) is 6.54 Å². The number of aryl methyl sites for hydroxylation is 1. The van der Waals surface area contributed by atoms with Crippen molar-refractivity contribution in [3.8, 4) is 5.75 Å². The first-order chi connectivity index (χ1) is 11.7. The van der Waals surface area contributed by atoms with Crippen molar-refractivity contribution in [2.75, 3.05) is 10.6 Å². The van der Waals surface area contributed by atoms with E-state index in [2.05, 4.69) is 15.4 Å². The third-order valence-corrected chi connectivity index (χ3v) is 3.06. The second kappa shape index (κ2) is 7.16. The average molecular weight is 357 g/mol. The molecular weight excluding hydrogens is 343 g/mol. The van der Waals surface area contributed by atoms with E-state index in [0.717, 1.165) is 12.1 Å². The molecule has 0 unspecified atom stereocenters. The number of benzene rings is 1. The highest BCUT2D eigenvalue weighted by Gasteiger charge is 2.30. The number of aromatic carboxylic acids is 1. The molecule has 1 aromatic heterocycles. The van der Waals surface area contributed by atoms with Gasteiger partial charge in [-0.05, 0) is 37.3 Å². The minimum Gasteiger partial charge on any atom is -0.477 e. The van der Waals surface area contributed by atoms with Gasteiger partial charge in [0.25, 0.3) is 0 Å². The Kier molecular flexibility index (Phi) is 5.20. The Hall–Kier alpha value is -3.17. The number of carbonyl (C=O) groups is 2. The van der Waals surface area contributed by atoms with E-state index < -0.39 is 24.1 Å². The molecule has 0 saturated carbocycles. The van der Waals surface area contributed by atoms with E-state index in [0.29, 0.717) is 6.54 Å². The number of rotatable bonds is 5. The number of urea groups is 1. The van der Waals surface area contributed by atoms with Gasteiger partial charge in [-0.25, -0.2) is 9.59 Å². The van der Waals surface area contributed by atoms with Gasteiger partial charge in [-0.2, -0.15) is 0 Å². The second-order valence-corrected chi connectivity index (χ2v) is 4.86. The van der Waals surface area contributed by atoms with Gasteiger partial charge < -0.3 is 25.0 Å². The number of hydrogen-bond donors (Lipinski definition) is 3. The smallest absolute Gasteiger partial charge is 0.477 e. The molecule has 2 amide bonds. The lowest BCUT2D eigenvalue weighted by atomic mass is 10.3. The van der Waals surface area contributed by atoms with Crippen molar-refractivity contribution in [3.63, 3.8) is 0 Å². The van der Waals surface area contributed by atoms with Crippen LogP contribution in [0.2, 0.25) is 0 Å². The Labute approximate surface area is 140 Å². The molecule has 1 aromatic carbocycles. The van der Waals surface area contributed by atoms with Crippen LogP contribution in [0, 0.1) is 0 Å². The Morgan fingerprint density at radius 3 is 2.24 bits per heavy atom. The van der Waals surface area contributed by atoms with Crippen LogP contribution in [0.4, 0.5) is 29.3 Å². The molecule has 0 atom stereocenters. The topological polar surface area (TPSA) is 92.6 Å². The largest absolute Gasteiger partial charge is 0.573 e. The van der Waals surface area contributed by atoms with Crippen LogP contribution in [0.25, 0.3) is 0 Å². The number of hydrogen-bond acceptors (Lipinski definition) is 3. The lowest BCUT2D eigenvalue weighted by Crippen LogP contribution is -2.19. The summed E-state index contributed by atoms with van der Waals surface area (Å²) >= 11 is 0. The summed E-state index contributed by atoms with van der Waals surface area (Å²) in [4.78, 5) is 22.9. The van der Waals surface area contributed by atoms with Crippen molar-refractivity contribution >= 4 is 23.4 Å². The lowest BCUT2D eigenvalue weighted by molar-refractivity contribution is -0.274. The minimum absolute atomic E-state index is 0.0199. The Balaban J connectivity index is 1.99. The van der Waals surface area contributed by atoms with Crippen LogP contribution in [0.1, 0.15) is 17.4 Å². The number of halogens is 3. The first-order valence-electron chi connectivity index (χ1n) is 7.05. The first kappa shape index (κ1) is 18.2. The first-order valence-corrected chi connectivity index (χ1v) is 7.05. The summed E-state index contributed by atoms with van der Waals surface area (Å²) in [5.41, 5.74) is 0.528.